The normalized spacial score (nSPS) is 12.4. The highest BCUT2D eigenvalue weighted by molar-refractivity contribution is 6.33. The first-order valence-corrected chi connectivity index (χ1v) is 7.06. The summed E-state index contributed by atoms with van der Waals surface area (Å²) >= 11 is 6.34. The van der Waals surface area contributed by atoms with Crippen LogP contribution in [-0.4, -0.2) is 6.54 Å². The van der Waals surface area contributed by atoms with Crippen molar-refractivity contribution in [2.75, 3.05) is 6.54 Å². The van der Waals surface area contributed by atoms with Gasteiger partial charge in [-0.1, -0.05) is 54.4 Å². The molecule has 2 heteroatoms. The van der Waals surface area contributed by atoms with Gasteiger partial charge in [-0.05, 0) is 49.1 Å². The molecule has 0 saturated carbocycles. The maximum atomic E-state index is 6.34. The molecule has 19 heavy (non-hydrogen) atoms. The lowest BCUT2D eigenvalue weighted by Crippen LogP contribution is -2.04. The Morgan fingerprint density at radius 3 is 2.63 bits per heavy atom. The number of aryl methyl sites for hydroxylation is 1. The summed E-state index contributed by atoms with van der Waals surface area (Å²) in [6.45, 7) is 5.01. The third kappa shape index (κ3) is 3.37. The summed E-state index contributed by atoms with van der Waals surface area (Å²) < 4.78 is 0. The first-order valence-electron chi connectivity index (χ1n) is 6.68. The summed E-state index contributed by atoms with van der Waals surface area (Å²) in [5.41, 5.74) is 10.5. The van der Waals surface area contributed by atoms with Gasteiger partial charge in [0.15, 0.2) is 0 Å². The SMILES string of the molecule is Cc1cccc(-c2cc(C(C)CCN)ccc2Cl)c1. The van der Waals surface area contributed by atoms with Crippen LogP contribution in [0.25, 0.3) is 11.1 Å². The van der Waals surface area contributed by atoms with E-state index in [1.807, 2.05) is 6.07 Å². The quantitative estimate of drug-likeness (QED) is 0.853. The van der Waals surface area contributed by atoms with Crippen molar-refractivity contribution in [3.8, 4) is 11.1 Å². The van der Waals surface area contributed by atoms with E-state index in [-0.39, 0.29) is 0 Å². The molecule has 0 radical (unpaired) electrons. The van der Waals surface area contributed by atoms with Crippen LogP contribution in [0.3, 0.4) is 0 Å². The van der Waals surface area contributed by atoms with Gasteiger partial charge in [-0.2, -0.15) is 0 Å². The minimum Gasteiger partial charge on any atom is -0.330 e. The molecular formula is C17H20ClN. The second-order valence-electron chi connectivity index (χ2n) is 5.09. The maximum absolute atomic E-state index is 6.34. The smallest absolute Gasteiger partial charge is 0.0484 e. The largest absolute Gasteiger partial charge is 0.330 e. The van der Waals surface area contributed by atoms with Crippen LogP contribution in [0.1, 0.15) is 30.4 Å². The molecule has 2 rings (SSSR count). The van der Waals surface area contributed by atoms with Crippen LogP contribution in [-0.2, 0) is 0 Å². The van der Waals surface area contributed by atoms with Crippen molar-refractivity contribution < 1.29 is 0 Å². The number of hydrogen-bond acceptors (Lipinski definition) is 1. The second-order valence-corrected chi connectivity index (χ2v) is 5.49. The van der Waals surface area contributed by atoms with Crippen LogP contribution >= 0.6 is 11.6 Å². The fourth-order valence-corrected chi connectivity index (χ4v) is 2.53. The Hall–Kier alpha value is -1.31. The summed E-state index contributed by atoms with van der Waals surface area (Å²) in [6.07, 6.45) is 0.995. The van der Waals surface area contributed by atoms with Gasteiger partial charge in [0.25, 0.3) is 0 Å². The zero-order chi connectivity index (χ0) is 13.8. The molecule has 1 nitrogen and oxygen atoms in total. The van der Waals surface area contributed by atoms with Crippen LogP contribution < -0.4 is 5.73 Å². The van der Waals surface area contributed by atoms with Gasteiger partial charge in [0.2, 0.25) is 0 Å². The Morgan fingerprint density at radius 1 is 1.16 bits per heavy atom. The highest BCUT2D eigenvalue weighted by atomic mass is 35.5. The van der Waals surface area contributed by atoms with Gasteiger partial charge in [0.05, 0.1) is 0 Å². The molecule has 100 valence electrons. The number of halogens is 1. The molecule has 2 aromatic rings. The van der Waals surface area contributed by atoms with Gasteiger partial charge in [-0.15, -0.1) is 0 Å². The molecule has 2 N–H and O–H groups in total. The fourth-order valence-electron chi connectivity index (χ4n) is 2.30. The molecule has 0 aliphatic rings. The minimum atomic E-state index is 0.464. The maximum Gasteiger partial charge on any atom is 0.0484 e. The Kier molecular flexibility index (Phi) is 4.62. The van der Waals surface area contributed by atoms with Crippen LogP contribution in [0.5, 0.6) is 0 Å². The van der Waals surface area contributed by atoms with Gasteiger partial charge < -0.3 is 5.73 Å². The molecule has 1 unspecified atom stereocenters. The topological polar surface area (TPSA) is 26.0 Å². The number of nitrogens with two attached hydrogens (primary N) is 1. The van der Waals surface area contributed by atoms with E-state index in [1.165, 1.54) is 16.7 Å². The van der Waals surface area contributed by atoms with Crippen LogP contribution in [0.4, 0.5) is 0 Å². The van der Waals surface area contributed by atoms with Gasteiger partial charge in [0, 0.05) is 10.6 Å². The summed E-state index contributed by atoms with van der Waals surface area (Å²) in [5, 5.41) is 0.800. The first kappa shape index (κ1) is 14.1. The molecule has 0 aliphatic heterocycles. The highest BCUT2D eigenvalue weighted by Gasteiger charge is 2.09. The monoisotopic (exact) mass is 273 g/mol. The Balaban J connectivity index is 2.42. The molecule has 0 heterocycles. The van der Waals surface area contributed by atoms with Gasteiger partial charge >= 0.3 is 0 Å². The lowest BCUT2D eigenvalue weighted by molar-refractivity contribution is 0.690. The molecule has 0 amide bonds. The van der Waals surface area contributed by atoms with Crippen molar-refractivity contribution in [3.63, 3.8) is 0 Å². The predicted octanol–water partition coefficient (Wildman–Crippen LogP) is 4.77. The molecule has 0 spiro atoms. The van der Waals surface area contributed by atoms with Gasteiger partial charge in [-0.25, -0.2) is 0 Å². The second kappa shape index (κ2) is 6.23. The van der Waals surface area contributed by atoms with E-state index in [0.29, 0.717) is 12.5 Å². The summed E-state index contributed by atoms with van der Waals surface area (Å²) in [4.78, 5) is 0. The van der Waals surface area contributed by atoms with Gasteiger partial charge in [0.1, 0.15) is 0 Å². The highest BCUT2D eigenvalue weighted by Crippen LogP contribution is 2.32. The van der Waals surface area contributed by atoms with Crippen molar-refractivity contribution in [1.29, 1.82) is 0 Å². The molecule has 2 aromatic carbocycles. The number of benzene rings is 2. The van der Waals surface area contributed by atoms with Crippen LogP contribution in [0.15, 0.2) is 42.5 Å². The van der Waals surface area contributed by atoms with Crippen molar-refractivity contribution in [1.82, 2.24) is 0 Å². The Bertz CT molecular complexity index is 563. The van der Waals surface area contributed by atoms with Gasteiger partial charge in [-0.3, -0.25) is 0 Å². The molecule has 0 fully saturated rings. The zero-order valence-corrected chi connectivity index (χ0v) is 12.2. The summed E-state index contributed by atoms with van der Waals surface area (Å²) in [7, 11) is 0. The Labute approximate surface area is 120 Å². The minimum absolute atomic E-state index is 0.464. The predicted molar refractivity (Wildman–Crippen MR) is 83.7 cm³/mol. The number of hydrogen-bond donors (Lipinski definition) is 1. The number of rotatable bonds is 4. The zero-order valence-electron chi connectivity index (χ0n) is 11.5. The van der Waals surface area contributed by atoms with Crippen molar-refractivity contribution >= 4 is 11.6 Å². The van der Waals surface area contributed by atoms with E-state index in [2.05, 4.69) is 50.2 Å². The average molecular weight is 274 g/mol. The van der Waals surface area contributed by atoms with E-state index >= 15 is 0 Å². The molecule has 0 saturated heterocycles. The van der Waals surface area contributed by atoms with E-state index in [4.69, 9.17) is 17.3 Å². The van der Waals surface area contributed by atoms with Crippen molar-refractivity contribution in [2.24, 2.45) is 5.73 Å². The van der Waals surface area contributed by atoms with E-state index in [1.54, 1.807) is 0 Å². The lowest BCUT2D eigenvalue weighted by atomic mass is 9.93. The fraction of sp³-hybridized carbons (Fsp3) is 0.294. The molecule has 0 bridgehead atoms. The van der Waals surface area contributed by atoms with Crippen molar-refractivity contribution in [2.45, 2.75) is 26.2 Å². The summed E-state index contributed by atoms with van der Waals surface area (Å²) in [5.74, 6) is 0.464. The van der Waals surface area contributed by atoms with E-state index < -0.39 is 0 Å². The first-order chi connectivity index (χ1) is 9.11. The average Bonchev–Trinajstić information content (AvgIpc) is 2.39. The molecule has 0 aromatic heterocycles. The summed E-state index contributed by atoms with van der Waals surface area (Å²) in [6, 6.07) is 14.7. The molecule has 0 aliphatic carbocycles. The standard InChI is InChI=1S/C17H20ClN/c1-12-4-3-5-15(10-12)16-11-14(6-7-17(16)18)13(2)8-9-19/h3-7,10-11,13H,8-9,19H2,1-2H3. The lowest BCUT2D eigenvalue weighted by Gasteiger charge is -2.14. The van der Waals surface area contributed by atoms with Crippen LogP contribution in [0, 0.1) is 6.92 Å². The third-order valence-electron chi connectivity index (χ3n) is 3.49. The molecule has 1 atom stereocenters. The Morgan fingerprint density at radius 2 is 1.95 bits per heavy atom. The van der Waals surface area contributed by atoms with Crippen LogP contribution in [0.2, 0.25) is 5.02 Å². The third-order valence-corrected chi connectivity index (χ3v) is 3.82. The van der Waals surface area contributed by atoms with E-state index in [9.17, 15) is 0 Å². The molecular weight excluding hydrogens is 254 g/mol. The van der Waals surface area contributed by atoms with E-state index in [0.717, 1.165) is 17.0 Å². The van der Waals surface area contributed by atoms with Crippen molar-refractivity contribution in [3.05, 3.63) is 58.6 Å².